The molecule has 0 aliphatic carbocycles. The number of hydrogen-bond donors (Lipinski definition) is 0. The Morgan fingerprint density at radius 1 is 0.864 bits per heavy atom. The average molecular weight is 315 g/mol. The smallest absolute Gasteiger partial charge is 0.308 e. The molecule has 0 aliphatic heterocycles. The van der Waals surface area contributed by atoms with Gasteiger partial charge >= 0.3 is 5.97 Å². The molecule has 0 amide bonds. The van der Waals surface area contributed by atoms with Gasteiger partial charge in [-0.1, -0.05) is 66.2 Å². The molecular weight excluding hydrogens is 276 g/mol. The van der Waals surface area contributed by atoms with Crippen molar-refractivity contribution >= 4 is 5.97 Å². The highest BCUT2D eigenvalue weighted by Crippen LogP contribution is 2.14. The van der Waals surface area contributed by atoms with E-state index in [1.807, 2.05) is 0 Å². The van der Waals surface area contributed by atoms with Gasteiger partial charge in [-0.3, -0.25) is 4.79 Å². The van der Waals surface area contributed by atoms with Gasteiger partial charge in [0.15, 0.2) is 0 Å². The van der Waals surface area contributed by atoms with E-state index in [1.165, 1.54) is 32.1 Å². The van der Waals surface area contributed by atoms with Gasteiger partial charge in [0.1, 0.15) is 0 Å². The first-order valence-corrected chi connectivity index (χ1v) is 9.41. The predicted octanol–water partition coefficient (Wildman–Crippen LogP) is 5.37. The number of carbonyl (C=O) groups excluding carboxylic acids is 1. The zero-order valence-electron chi connectivity index (χ0n) is 15.4. The molecule has 0 saturated heterocycles. The van der Waals surface area contributed by atoms with Gasteiger partial charge < -0.3 is 9.47 Å². The number of rotatable bonds is 15. The molecule has 0 rings (SSSR count). The highest BCUT2D eigenvalue weighted by atomic mass is 16.5. The molecule has 0 aromatic heterocycles. The fraction of sp³-hybridized carbons (Fsp3) is 0.947. The van der Waals surface area contributed by atoms with E-state index >= 15 is 0 Å². The molecule has 0 saturated carbocycles. The minimum Gasteiger partial charge on any atom is -0.465 e. The molecule has 0 N–H and O–H groups in total. The molecule has 0 aliphatic rings. The Balaban J connectivity index is 3.67. The van der Waals surface area contributed by atoms with Gasteiger partial charge in [-0.2, -0.15) is 0 Å². The highest BCUT2D eigenvalue weighted by molar-refractivity contribution is 5.69. The van der Waals surface area contributed by atoms with Crippen molar-refractivity contribution in [3.8, 4) is 0 Å². The molecule has 0 heterocycles. The van der Waals surface area contributed by atoms with Gasteiger partial charge in [-0.05, 0) is 24.7 Å². The summed E-state index contributed by atoms with van der Waals surface area (Å²) < 4.78 is 11.0. The Morgan fingerprint density at radius 2 is 1.41 bits per heavy atom. The first-order valence-electron chi connectivity index (χ1n) is 9.41. The summed E-state index contributed by atoms with van der Waals surface area (Å²) >= 11 is 0. The van der Waals surface area contributed by atoms with Crippen LogP contribution in [0.25, 0.3) is 0 Å². The van der Waals surface area contributed by atoms with E-state index in [-0.39, 0.29) is 5.97 Å². The van der Waals surface area contributed by atoms with Crippen LogP contribution in [-0.4, -0.2) is 25.8 Å². The van der Waals surface area contributed by atoms with E-state index in [4.69, 9.17) is 9.47 Å². The fourth-order valence-electron chi connectivity index (χ4n) is 2.48. The minimum absolute atomic E-state index is 0.114. The van der Waals surface area contributed by atoms with Crippen molar-refractivity contribution in [3.63, 3.8) is 0 Å². The Morgan fingerprint density at radius 3 is 1.91 bits per heavy atom. The third-order valence-corrected chi connectivity index (χ3v) is 4.37. The largest absolute Gasteiger partial charge is 0.465 e. The second-order valence-electron chi connectivity index (χ2n) is 6.34. The van der Waals surface area contributed by atoms with Gasteiger partial charge in [0.25, 0.3) is 0 Å². The van der Waals surface area contributed by atoms with E-state index in [0.29, 0.717) is 31.5 Å². The summed E-state index contributed by atoms with van der Waals surface area (Å²) in [6, 6.07) is 0. The number of carbonyl (C=O) groups is 1. The maximum atomic E-state index is 11.7. The molecule has 132 valence electrons. The van der Waals surface area contributed by atoms with E-state index in [9.17, 15) is 4.79 Å². The van der Waals surface area contributed by atoms with Gasteiger partial charge in [0.2, 0.25) is 0 Å². The lowest BCUT2D eigenvalue weighted by atomic mass is 10.0. The molecule has 0 radical (unpaired) electrons. The number of hydrogen-bond acceptors (Lipinski definition) is 3. The van der Waals surface area contributed by atoms with Crippen molar-refractivity contribution in [1.82, 2.24) is 0 Å². The third-order valence-electron chi connectivity index (χ3n) is 4.37. The van der Waals surface area contributed by atoms with E-state index < -0.39 is 0 Å². The lowest BCUT2D eigenvalue weighted by Crippen LogP contribution is -2.16. The van der Waals surface area contributed by atoms with Crippen molar-refractivity contribution in [2.45, 2.75) is 85.5 Å². The quantitative estimate of drug-likeness (QED) is 0.301. The molecule has 0 spiro atoms. The fourth-order valence-corrected chi connectivity index (χ4v) is 2.48. The zero-order chi connectivity index (χ0) is 16.6. The van der Waals surface area contributed by atoms with Crippen LogP contribution in [0.2, 0.25) is 0 Å². The second kappa shape index (κ2) is 15.3. The van der Waals surface area contributed by atoms with E-state index in [1.54, 1.807) is 0 Å². The van der Waals surface area contributed by atoms with E-state index in [0.717, 1.165) is 25.9 Å². The minimum atomic E-state index is -0.114. The summed E-state index contributed by atoms with van der Waals surface area (Å²) in [4.78, 5) is 11.7. The Kier molecular flexibility index (Phi) is 14.9. The zero-order valence-corrected chi connectivity index (χ0v) is 15.4. The van der Waals surface area contributed by atoms with Crippen molar-refractivity contribution in [3.05, 3.63) is 0 Å². The summed E-state index contributed by atoms with van der Waals surface area (Å²) in [5.41, 5.74) is 0. The molecule has 0 aromatic carbocycles. The summed E-state index contributed by atoms with van der Waals surface area (Å²) in [7, 11) is 0. The number of esters is 1. The summed E-state index contributed by atoms with van der Waals surface area (Å²) in [6.45, 7) is 10.6. The first-order chi connectivity index (χ1) is 10.7. The van der Waals surface area contributed by atoms with Crippen LogP contribution in [0.3, 0.4) is 0 Å². The maximum Gasteiger partial charge on any atom is 0.308 e. The Bertz CT molecular complexity index is 253. The first kappa shape index (κ1) is 21.4. The lowest BCUT2D eigenvalue weighted by Gasteiger charge is -2.16. The van der Waals surface area contributed by atoms with Crippen LogP contribution < -0.4 is 0 Å². The van der Waals surface area contributed by atoms with Gasteiger partial charge in [-0.25, -0.2) is 0 Å². The van der Waals surface area contributed by atoms with Gasteiger partial charge in [0, 0.05) is 6.61 Å². The highest BCUT2D eigenvalue weighted by Gasteiger charge is 2.11. The molecule has 3 nitrogen and oxygen atoms in total. The van der Waals surface area contributed by atoms with Crippen LogP contribution in [-0.2, 0) is 14.3 Å². The maximum absolute atomic E-state index is 11.7. The van der Waals surface area contributed by atoms with Crippen molar-refractivity contribution < 1.29 is 14.3 Å². The molecule has 0 fully saturated rings. The molecule has 2 atom stereocenters. The van der Waals surface area contributed by atoms with Crippen molar-refractivity contribution in [1.29, 1.82) is 0 Å². The third kappa shape index (κ3) is 12.0. The molecule has 0 bridgehead atoms. The van der Waals surface area contributed by atoms with Gasteiger partial charge in [0.05, 0.1) is 19.6 Å². The molecular formula is C19H38O3. The van der Waals surface area contributed by atoms with Crippen molar-refractivity contribution in [2.24, 2.45) is 11.8 Å². The summed E-state index contributed by atoms with van der Waals surface area (Å²) in [5.74, 6) is 1.04. The van der Waals surface area contributed by atoms with E-state index in [2.05, 4.69) is 27.7 Å². The molecule has 2 unspecified atom stereocenters. The monoisotopic (exact) mass is 314 g/mol. The Labute approximate surface area is 138 Å². The number of ether oxygens (including phenoxy) is 2. The van der Waals surface area contributed by atoms with Crippen molar-refractivity contribution in [2.75, 3.05) is 19.8 Å². The SMILES string of the molecule is CCCCC(CC)COCCC(=O)OCC(CC)CCCC. The number of unbranched alkanes of at least 4 members (excludes halogenated alkanes) is 2. The standard InChI is InChI=1S/C19H38O3/c1-5-9-11-17(7-3)15-21-14-13-19(20)22-16-18(8-4)12-10-6-2/h17-18H,5-16H2,1-4H3. The average Bonchev–Trinajstić information content (AvgIpc) is 2.54. The van der Waals surface area contributed by atoms with Crippen LogP contribution >= 0.6 is 0 Å². The second-order valence-corrected chi connectivity index (χ2v) is 6.34. The molecule has 0 aromatic rings. The van der Waals surface area contributed by atoms with Crippen LogP contribution in [0.5, 0.6) is 0 Å². The lowest BCUT2D eigenvalue weighted by molar-refractivity contribution is -0.146. The predicted molar refractivity (Wildman–Crippen MR) is 93.0 cm³/mol. The van der Waals surface area contributed by atoms with Crippen LogP contribution in [0.1, 0.15) is 85.5 Å². The normalized spacial score (nSPS) is 13.8. The topological polar surface area (TPSA) is 35.5 Å². The van der Waals surface area contributed by atoms with Gasteiger partial charge in [-0.15, -0.1) is 0 Å². The Hall–Kier alpha value is -0.570. The molecule has 3 heteroatoms. The summed E-state index contributed by atoms with van der Waals surface area (Å²) in [6.07, 6.45) is 9.93. The van der Waals surface area contributed by atoms with Crippen LogP contribution in [0.4, 0.5) is 0 Å². The van der Waals surface area contributed by atoms with Crippen LogP contribution in [0, 0.1) is 11.8 Å². The molecule has 22 heavy (non-hydrogen) atoms. The summed E-state index contributed by atoms with van der Waals surface area (Å²) in [5, 5.41) is 0. The van der Waals surface area contributed by atoms with Crippen LogP contribution in [0.15, 0.2) is 0 Å².